The van der Waals surface area contributed by atoms with E-state index in [0.717, 1.165) is 40.0 Å². The third-order valence-electron chi connectivity index (χ3n) is 3.42. The summed E-state index contributed by atoms with van der Waals surface area (Å²) >= 11 is 3.48. The second-order valence-corrected chi connectivity index (χ2v) is 5.70. The van der Waals surface area contributed by atoms with Gasteiger partial charge in [-0.1, -0.05) is 40.2 Å². The summed E-state index contributed by atoms with van der Waals surface area (Å²) in [5.41, 5.74) is 3.29. The molecule has 0 aliphatic heterocycles. The fourth-order valence-corrected chi connectivity index (χ4v) is 2.69. The maximum Gasteiger partial charge on any atom is 0.141 e. The molecule has 0 bridgehead atoms. The smallest absolute Gasteiger partial charge is 0.141 e. The first-order valence-corrected chi connectivity index (χ1v) is 7.88. The van der Waals surface area contributed by atoms with Crippen molar-refractivity contribution in [1.82, 2.24) is 9.55 Å². The topological polar surface area (TPSA) is 27.1 Å². The molecule has 2 aromatic carbocycles. The fourth-order valence-electron chi connectivity index (χ4n) is 2.42. The van der Waals surface area contributed by atoms with Crippen LogP contribution in [-0.4, -0.2) is 22.8 Å². The van der Waals surface area contributed by atoms with Crippen molar-refractivity contribution in [3.63, 3.8) is 0 Å². The normalized spacial score (nSPS) is 11.1. The Morgan fingerprint density at radius 1 is 1.10 bits per heavy atom. The number of hydrogen-bond acceptors (Lipinski definition) is 2. The Labute approximate surface area is 132 Å². The van der Waals surface area contributed by atoms with Gasteiger partial charge in [0, 0.05) is 23.2 Å². The molecule has 0 spiro atoms. The van der Waals surface area contributed by atoms with Crippen molar-refractivity contribution in [2.75, 3.05) is 13.2 Å². The van der Waals surface area contributed by atoms with Crippen LogP contribution in [0.1, 0.15) is 6.92 Å². The van der Waals surface area contributed by atoms with Gasteiger partial charge in [0.2, 0.25) is 0 Å². The van der Waals surface area contributed by atoms with Gasteiger partial charge in [0.15, 0.2) is 0 Å². The quantitative estimate of drug-likeness (QED) is 0.637. The summed E-state index contributed by atoms with van der Waals surface area (Å²) in [7, 11) is 0. The van der Waals surface area contributed by atoms with E-state index < -0.39 is 0 Å². The van der Waals surface area contributed by atoms with E-state index in [2.05, 4.69) is 44.8 Å². The number of benzene rings is 2. The van der Waals surface area contributed by atoms with Gasteiger partial charge in [-0.2, -0.15) is 0 Å². The van der Waals surface area contributed by atoms with Crippen LogP contribution in [0.15, 0.2) is 53.0 Å². The summed E-state index contributed by atoms with van der Waals surface area (Å²) in [6.45, 7) is 4.25. The lowest BCUT2D eigenvalue weighted by molar-refractivity contribution is 0.140. The maximum atomic E-state index is 5.51. The molecule has 3 aromatic rings. The Morgan fingerprint density at radius 2 is 1.86 bits per heavy atom. The monoisotopic (exact) mass is 344 g/mol. The molecule has 1 aromatic heterocycles. The number of aromatic nitrogens is 2. The summed E-state index contributed by atoms with van der Waals surface area (Å²) in [5.74, 6) is 0.989. The molecule has 0 radical (unpaired) electrons. The predicted octanol–water partition coefficient (Wildman–Crippen LogP) is 4.50. The van der Waals surface area contributed by atoms with Crippen molar-refractivity contribution in [2.45, 2.75) is 13.5 Å². The Balaban J connectivity index is 2.07. The lowest BCUT2D eigenvalue weighted by Crippen LogP contribution is -2.07. The molecule has 0 N–H and O–H groups in total. The number of rotatable bonds is 5. The molecule has 0 atom stereocenters. The van der Waals surface area contributed by atoms with Crippen LogP contribution in [0, 0.1) is 0 Å². The molecule has 108 valence electrons. The molecule has 0 saturated heterocycles. The Bertz CT molecular complexity index is 734. The van der Waals surface area contributed by atoms with Gasteiger partial charge < -0.3 is 9.30 Å². The van der Waals surface area contributed by atoms with Crippen LogP contribution in [-0.2, 0) is 11.3 Å². The molecule has 1 heterocycles. The Hall–Kier alpha value is -1.65. The number of fused-ring (bicyclic) bond motifs is 1. The van der Waals surface area contributed by atoms with Gasteiger partial charge in [-0.05, 0) is 31.2 Å². The first-order chi connectivity index (χ1) is 10.3. The van der Waals surface area contributed by atoms with Crippen LogP contribution in [0.3, 0.4) is 0 Å². The third-order valence-corrected chi connectivity index (χ3v) is 3.95. The van der Waals surface area contributed by atoms with Crippen LogP contribution in [0.2, 0.25) is 0 Å². The van der Waals surface area contributed by atoms with Crippen molar-refractivity contribution >= 4 is 27.0 Å². The van der Waals surface area contributed by atoms with Crippen LogP contribution < -0.4 is 0 Å². The number of nitrogens with zero attached hydrogens (tertiary/aromatic N) is 2. The highest BCUT2D eigenvalue weighted by Crippen LogP contribution is 2.25. The second kappa shape index (κ2) is 6.41. The van der Waals surface area contributed by atoms with Crippen molar-refractivity contribution in [3.05, 3.63) is 53.0 Å². The van der Waals surface area contributed by atoms with E-state index in [-0.39, 0.29) is 0 Å². The Morgan fingerprint density at radius 3 is 2.62 bits per heavy atom. The summed E-state index contributed by atoms with van der Waals surface area (Å²) in [6, 6.07) is 16.5. The van der Waals surface area contributed by atoms with Crippen molar-refractivity contribution < 1.29 is 4.74 Å². The highest BCUT2D eigenvalue weighted by atomic mass is 79.9. The highest BCUT2D eigenvalue weighted by Gasteiger charge is 2.11. The van der Waals surface area contributed by atoms with E-state index in [1.54, 1.807) is 0 Å². The largest absolute Gasteiger partial charge is 0.380 e. The molecule has 21 heavy (non-hydrogen) atoms. The molecule has 4 heteroatoms. The molecule has 3 nitrogen and oxygen atoms in total. The van der Waals surface area contributed by atoms with Gasteiger partial charge in [-0.15, -0.1) is 0 Å². The van der Waals surface area contributed by atoms with Gasteiger partial charge in [0.05, 0.1) is 17.6 Å². The zero-order chi connectivity index (χ0) is 14.7. The fraction of sp³-hybridized carbons (Fsp3) is 0.235. The number of halogens is 1. The molecule has 0 aliphatic rings. The minimum Gasteiger partial charge on any atom is -0.380 e. The number of hydrogen-bond donors (Lipinski definition) is 0. The second-order valence-electron chi connectivity index (χ2n) is 4.78. The number of para-hydroxylation sites is 2. The van der Waals surface area contributed by atoms with E-state index >= 15 is 0 Å². The van der Waals surface area contributed by atoms with Gasteiger partial charge in [-0.3, -0.25) is 0 Å². The zero-order valence-electron chi connectivity index (χ0n) is 11.9. The summed E-state index contributed by atoms with van der Waals surface area (Å²) in [6.07, 6.45) is 0. The number of ether oxygens (including phenoxy) is 1. The van der Waals surface area contributed by atoms with E-state index in [1.807, 2.05) is 31.2 Å². The lowest BCUT2D eigenvalue weighted by Gasteiger charge is -2.09. The maximum absolute atomic E-state index is 5.51. The van der Waals surface area contributed by atoms with E-state index in [9.17, 15) is 0 Å². The zero-order valence-corrected chi connectivity index (χ0v) is 13.5. The van der Waals surface area contributed by atoms with E-state index in [0.29, 0.717) is 6.61 Å². The first kappa shape index (κ1) is 14.3. The lowest BCUT2D eigenvalue weighted by atomic mass is 10.2. The van der Waals surface area contributed by atoms with Crippen LogP contribution in [0.5, 0.6) is 0 Å². The van der Waals surface area contributed by atoms with Crippen molar-refractivity contribution in [1.29, 1.82) is 0 Å². The molecule has 3 rings (SSSR count). The van der Waals surface area contributed by atoms with Gasteiger partial charge in [0.1, 0.15) is 5.82 Å². The average Bonchev–Trinajstić information content (AvgIpc) is 2.87. The SMILES string of the molecule is CCOCCn1c(-c2ccc(Br)cc2)nc2ccccc21. The van der Waals surface area contributed by atoms with Gasteiger partial charge in [-0.25, -0.2) is 4.98 Å². The van der Waals surface area contributed by atoms with E-state index in [4.69, 9.17) is 9.72 Å². The summed E-state index contributed by atoms with van der Waals surface area (Å²) < 4.78 is 8.81. The predicted molar refractivity (Wildman–Crippen MR) is 89.4 cm³/mol. The minimum atomic E-state index is 0.695. The standard InChI is InChI=1S/C17H17BrN2O/c1-2-21-12-11-20-16-6-4-3-5-15(16)19-17(20)13-7-9-14(18)10-8-13/h3-10H,2,11-12H2,1H3. The molecule has 0 fully saturated rings. The van der Waals surface area contributed by atoms with Gasteiger partial charge >= 0.3 is 0 Å². The molecule has 0 saturated carbocycles. The highest BCUT2D eigenvalue weighted by molar-refractivity contribution is 9.10. The van der Waals surface area contributed by atoms with E-state index in [1.165, 1.54) is 0 Å². The van der Waals surface area contributed by atoms with Crippen LogP contribution in [0.4, 0.5) is 0 Å². The summed E-state index contributed by atoms with van der Waals surface area (Å²) in [5, 5.41) is 0. The summed E-state index contributed by atoms with van der Waals surface area (Å²) in [4.78, 5) is 4.78. The van der Waals surface area contributed by atoms with Crippen LogP contribution in [0.25, 0.3) is 22.4 Å². The molecule has 0 unspecified atom stereocenters. The first-order valence-electron chi connectivity index (χ1n) is 7.08. The Kier molecular flexibility index (Phi) is 4.36. The third kappa shape index (κ3) is 3.01. The average molecular weight is 345 g/mol. The van der Waals surface area contributed by atoms with Gasteiger partial charge in [0.25, 0.3) is 0 Å². The van der Waals surface area contributed by atoms with Crippen molar-refractivity contribution in [3.8, 4) is 11.4 Å². The molecular weight excluding hydrogens is 328 g/mol. The molecule has 0 aliphatic carbocycles. The van der Waals surface area contributed by atoms with Crippen molar-refractivity contribution in [2.24, 2.45) is 0 Å². The molecule has 0 amide bonds. The number of imidazole rings is 1. The molecular formula is C17H17BrN2O. The van der Waals surface area contributed by atoms with Crippen LogP contribution >= 0.6 is 15.9 Å². The minimum absolute atomic E-state index is 0.695.